The molecule has 1 radical (unpaired) electrons. The van der Waals surface area contributed by atoms with Gasteiger partial charge in [0.15, 0.2) is 0 Å². The van der Waals surface area contributed by atoms with Crippen molar-refractivity contribution < 1.29 is 37.5 Å². The number of hydrogen-bond donors (Lipinski definition) is 0. The maximum absolute atomic E-state index is 8.59. The minimum absolute atomic E-state index is 0. The first-order valence-electron chi connectivity index (χ1n) is 10.6. The summed E-state index contributed by atoms with van der Waals surface area (Å²) in [7, 11) is 0. The fraction of sp³-hybridized carbons (Fsp3) is 0.731. The van der Waals surface area contributed by atoms with Crippen molar-refractivity contribution in [1.82, 2.24) is 9.96 Å². The molecule has 0 N–H and O–H groups in total. The zero-order valence-corrected chi connectivity index (χ0v) is 21.1. The number of rotatable bonds is 5. The standard InChI is InChI=1S/C13H26N2O.C10H11N.3CH4.Y/c1-12(2)15-10-6-7-13(15)11-16-14-8-4-3-5-9-14;1-8(2)10-5-3-4-9(6-10)7-11;;;;/h12-13H,3-11H2,1-2H3;3-6,8H,1-2H3;3*1H4;. The van der Waals surface area contributed by atoms with E-state index in [2.05, 4.69) is 43.7 Å². The molecule has 4 nitrogen and oxygen atoms in total. The minimum atomic E-state index is 0. The average Bonchev–Trinajstić information content (AvgIpc) is 3.17. The zero-order valence-electron chi connectivity index (χ0n) is 18.2. The Labute approximate surface area is 219 Å². The van der Waals surface area contributed by atoms with Crippen LogP contribution in [0.15, 0.2) is 24.3 Å². The Hall–Kier alpha value is -0.306. The minimum Gasteiger partial charge on any atom is -0.297 e. The van der Waals surface area contributed by atoms with E-state index >= 15 is 0 Å². The molecule has 2 aliphatic heterocycles. The molecule has 2 saturated heterocycles. The second-order valence-electron chi connectivity index (χ2n) is 8.31. The molecule has 1 atom stereocenters. The molecule has 0 amide bonds. The van der Waals surface area contributed by atoms with Crippen LogP contribution in [0, 0.1) is 11.3 Å². The molecule has 1 aromatic carbocycles. The molecule has 5 heteroatoms. The molecule has 3 rings (SSSR count). The predicted octanol–water partition coefficient (Wildman–Crippen LogP) is 6.86. The Bertz CT molecular complexity index is 595. The molecule has 0 aromatic heterocycles. The van der Waals surface area contributed by atoms with Gasteiger partial charge in [-0.1, -0.05) is 54.7 Å². The van der Waals surface area contributed by atoms with Gasteiger partial charge >= 0.3 is 0 Å². The maximum Gasteiger partial charge on any atom is 0.0991 e. The number of piperidine rings is 1. The van der Waals surface area contributed by atoms with Crippen LogP contribution in [0.5, 0.6) is 0 Å². The second kappa shape index (κ2) is 19.2. The Morgan fingerprint density at radius 1 is 1.00 bits per heavy atom. The summed E-state index contributed by atoms with van der Waals surface area (Å²) in [6.45, 7) is 13.2. The molecular weight excluding hydrogens is 459 g/mol. The predicted molar refractivity (Wildman–Crippen MR) is 132 cm³/mol. The van der Waals surface area contributed by atoms with Gasteiger partial charge in [0.05, 0.1) is 18.2 Å². The van der Waals surface area contributed by atoms with Crippen LogP contribution in [-0.4, -0.2) is 48.3 Å². The summed E-state index contributed by atoms with van der Waals surface area (Å²) in [5.74, 6) is 0.503. The quantitative estimate of drug-likeness (QED) is 0.435. The van der Waals surface area contributed by atoms with Gasteiger partial charge in [0.25, 0.3) is 0 Å². The van der Waals surface area contributed by atoms with Crippen molar-refractivity contribution in [2.75, 3.05) is 26.2 Å². The third-order valence-electron chi connectivity index (χ3n) is 5.53. The van der Waals surface area contributed by atoms with Gasteiger partial charge in [-0.05, 0) is 69.7 Å². The van der Waals surface area contributed by atoms with Crippen LogP contribution in [0.2, 0.25) is 0 Å². The average molecular weight is 509 g/mol. The topological polar surface area (TPSA) is 39.5 Å². The summed E-state index contributed by atoms with van der Waals surface area (Å²) in [4.78, 5) is 8.53. The molecule has 0 spiro atoms. The van der Waals surface area contributed by atoms with Crippen molar-refractivity contribution in [3.63, 3.8) is 0 Å². The van der Waals surface area contributed by atoms with Crippen LogP contribution in [-0.2, 0) is 37.5 Å². The van der Waals surface area contributed by atoms with Crippen molar-refractivity contribution in [1.29, 1.82) is 5.26 Å². The van der Waals surface area contributed by atoms with Gasteiger partial charge in [-0.3, -0.25) is 9.74 Å². The van der Waals surface area contributed by atoms with Crippen molar-refractivity contribution >= 4 is 0 Å². The van der Waals surface area contributed by atoms with Crippen LogP contribution in [0.3, 0.4) is 0 Å². The van der Waals surface area contributed by atoms with E-state index in [9.17, 15) is 0 Å². The first kappa shape index (κ1) is 35.3. The van der Waals surface area contributed by atoms with E-state index < -0.39 is 0 Å². The number of benzene rings is 1. The van der Waals surface area contributed by atoms with Crippen molar-refractivity contribution in [2.24, 2.45) is 0 Å². The van der Waals surface area contributed by atoms with Gasteiger partial charge in [0, 0.05) is 57.9 Å². The molecule has 177 valence electrons. The van der Waals surface area contributed by atoms with E-state index in [4.69, 9.17) is 10.1 Å². The maximum atomic E-state index is 8.59. The Morgan fingerprint density at radius 2 is 1.65 bits per heavy atom. The Balaban J connectivity index is -0.000000471. The van der Waals surface area contributed by atoms with Gasteiger partial charge in [0.2, 0.25) is 0 Å². The molecule has 0 bridgehead atoms. The molecule has 0 saturated carbocycles. The van der Waals surface area contributed by atoms with Crippen molar-refractivity contribution in [3.05, 3.63) is 35.4 Å². The molecule has 2 aliphatic rings. The monoisotopic (exact) mass is 508 g/mol. The van der Waals surface area contributed by atoms with Gasteiger partial charge < -0.3 is 0 Å². The number of hydrogen-bond acceptors (Lipinski definition) is 4. The molecular formula is C26H49N3OY. The first-order chi connectivity index (χ1) is 13.0. The summed E-state index contributed by atoms with van der Waals surface area (Å²) in [6.07, 6.45) is 6.64. The Morgan fingerprint density at radius 3 is 2.19 bits per heavy atom. The van der Waals surface area contributed by atoms with E-state index in [1.807, 2.05) is 24.3 Å². The molecule has 2 heterocycles. The summed E-state index contributed by atoms with van der Waals surface area (Å²) in [5, 5.41) is 10.8. The van der Waals surface area contributed by atoms with Crippen LogP contribution < -0.4 is 0 Å². The van der Waals surface area contributed by atoms with Gasteiger partial charge in [-0.2, -0.15) is 10.3 Å². The van der Waals surface area contributed by atoms with E-state index in [1.165, 1.54) is 44.2 Å². The molecule has 31 heavy (non-hydrogen) atoms. The molecule has 1 unspecified atom stereocenters. The van der Waals surface area contributed by atoms with Gasteiger partial charge in [-0.25, -0.2) is 0 Å². The molecule has 1 aromatic rings. The Kier molecular flexibility index (Phi) is 21.8. The fourth-order valence-corrected chi connectivity index (χ4v) is 3.87. The third kappa shape index (κ3) is 12.5. The normalized spacial score (nSPS) is 18.4. The van der Waals surface area contributed by atoms with Crippen LogP contribution >= 0.6 is 0 Å². The summed E-state index contributed by atoms with van der Waals surface area (Å²) >= 11 is 0. The number of nitrogens with zero attached hydrogens (tertiary/aromatic N) is 3. The molecule has 0 aliphatic carbocycles. The van der Waals surface area contributed by atoms with Crippen LogP contribution in [0.4, 0.5) is 0 Å². The summed E-state index contributed by atoms with van der Waals surface area (Å²) < 4.78 is 0. The van der Waals surface area contributed by atoms with Crippen molar-refractivity contribution in [3.8, 4) is 6.07 Å². The van der Waals surface area contributed by atoms with Gasteiger partial charge in [0.1, 0.15) is 0 Å². The SMILES string of the molecule is C.C.C.CC(C)N1CCCC1CON1CCCCC1.CC(C)c1cccc(C#N)c1.[Y]. The molecule has 2 fully saturated rings. The van der Waals surface area contributed by atoms with E-state index in [0.29, 0.717) is 18.0 Å². The van der Waals surface area contributed by atoms with Crippen molar-refractivity contribution in [2.45, 2.75) is 100 Å². The third-order valence-corrected chi connectivity index (χ3v) is 5.53. The summed E-state index contributed by atoms with van der Waals surface area (Å²) in [6, 6.07) is 11.2. The number of hydroxylamine groups is 2. The van der Waals surface area contributed by atoms with E-state index in [-0.39, 0.29) is 55.0 Å². The fourth-order valence-electron chi connectivity index (χ4n) is 3.87. The van der Waals surface area contributed by atoms with Crippen LogP contribution in [0.1, 0.15) is 99.1 Å². The second-order valence-corrected chi connectivity index (χ2v) is 8.31. The smallest absolute Gasteiger partial charge is 0.0991 e. The van der Waals surface area contributed by atoms with E-state index in [0.717, 1.165) is 25.3 Å². The zero-order chi connectivity index (χ0) is 19.6. The van der Waals surface area contributed by atoms with E-state index in [1.54, 1.807) is 0 Å². The van der Waals surface area contributed by atoms with Gasteiger partial charge in [-0.15, -0.1) is 0 Å². The summed E-state index contributed by atoms with van der Waals surface area (Å²) in [5.41, 5.74) is 1.97. The number of nitriles is 1. The first-order valence-corrected chi connectivity index (χ1v) is 10.6. The largest absolute Gasteiger partial charge is 0.297 e. The van der Waals surface area contributed by atoms with Crippen LogP contribution in [0.25, 0.3) is 0 Å². The number of likely N-dealkylation sites (tertiary alicyclic amines) is 1.